The molecule has 26 heavy (non-hydrogen) atoms. The molecular formula is C18H28F3NO4. The Morgan fingerprint density at radius 2 is 1.88 bits per heavy atom. The van der Waals surface area contributed by atoms with E-state index in [0.717, 1.165) is 19.3 Å². The highest BCUT2D eigenvalue weighted by molar-refractivity contribution is 5.94. The second kappa shape index (κ2) is 6.95. The predicted octanol–water partition coefficient (Wildman–Crippen LogP) is 4.26. The normalized spacial score (nSPS) is 40.1. The van der Waals surface area contributed by atoms with Crippen molar-refractivity contribution >= 4 is 5.71 Å². The van der Waals surface area contributed by atoms with Gasteiger partial charge >= 0.3 is 6.18 Å². The van der Waals surface area contributed by atoms with Crippen molar-refractivity contribution in [3.8, 4) is 0 Å². The fraction of sp³-hybridized carbons (Fsp3) is 0.944. The second-order valence-corrected chi connectivity index (χ2v) is 8.47. The van der Waals surface area contributed by atoms with Gasteiger partial charge in [-0.05, 0) is 44.4 Å². The van der Waals surface area contributed by atoms with E-state index in [4.69, 9.17) is 19.0 Å². The topological polar surface area (TPSA) is 49.3 Å². The summed E-state index contributed by atoms with van der Waals surface area (Å²) in [5.74, 6) is 0.0873. The number of halogens is 3. The molecule has 3 rings (SSSR count). The molecule has 0 unspecified atom stereocenters. The zero-order valence-electron chi connectivity index (χ0n) is 15.9. The van der Waals surface area contributed by atoms with E-state index in [9.17, 15) is 13.2 Å². The van der Waals surface area contributed by atoms with Gasteiger partial charge in [0.1, 0.15) is 6.10 Å². The molecule has 0 N–H and O–H groups in total. The standard InChI is InChI=1S/C18H28F3NO4/c1-9(2)11-7-6-10(3)8-12(11)23-16-14-13(24-17(4,5)25-14)15(22-26-16)18(19,20)21/h9-14,16H,6-8H2,1-5H3/t10-,11+,12-,13+,14-,16-/m1/s1. The van der Waals surface area contributed by atoms with Gasteiger partial charge in [-0.1, -0.05) is 32.3 Å². The molecule has 3 aliphatic rings. The lowest BCUT2D eigenvalue weighted by molar-refractivity contribution is -0.254. The third-order valence-corrected chi connectivity index (χ3v) is 5.48. The largest absolute Gasteiger partial charge is 0.435 e. The van der Waals surface area contributed by atoms with E-state index in [1.165, 1.54) is 0 Å². The van der Waals surface area contributed by atoms with Crippen molar-refractivity contribution in [2.24, 2.45) is 22.9 Å². The number of hydrogen-bond donors (Lipinski definition) is 0. The van der Waals surface area contributed by atoms with Crippen molar-refractivity contribution in [3.05, 3.63) is 0 Å². The van der Waals surface area contributed by atoms with E-state index < -0.39 is 36.2 Å². The summed E-state index contributed by atoms with van der Waals surface area (Å²) < 4.78 is 57.1. The monoisotopic (exact) mass is 379 g/mol. The van der Waals surface area contributed by atoms with Crippen LogP contribution in [-0.4, -0.2) is 42.3 Å². The summed E-state index contributed by atoms with van der Waals surface area (Å²) in [5, 5.41) is 3.31. The van der Waals surface area contributed by atoms with Gasteiger partial charge in [0.15, 0.2) is 17.6 Å². The van der Waals surface area contributed by atoms with Gasteiger partial charge in [-0.3, -0.25) is 0 Å². The molecule has 2 heterocycles. The van der Waals surface area contributed by atoms with Gasteiger partial charge in [0.2, 0.25) is 0 Å². The third-order valence-electron chi connectivity index (χ3n) is 5.48. The molecule has 0 spiro atoms. The van der Waals surface area contributed by atoms with Gasteiger partial charge in [0, 0.05) is 0 Å². The zero-order valence-corrected chi connectivity index (χ0v) is 15.9. The first-order valence-corrected chi connectivity index (χ1v) is 9.30. The van der Waals surface area contributed by atoms with Crippen molar-refractivity contribution in [2.75, 3.05) is 0 Å². The molecule has 8 heteroatoms. The minimum Gasteiger partial charge on any atom is -0.360 e. The SMILES string of the molecule is CC(C)[C@@H]1CC[C@@H](C)C[C@H]1O[C@@H]1ON=C(C(F)(F)F)[C@H]2OC(C)(C)O[C@@H]12. The van der Waals surface area contributed by atoms with Crippen LogP contribution in [0.15, 0.2) is 5.16 Å². The van der Waals surface area contributed by atoms with E-state index in [-0.39, 0.29) is 6.10 Å². The van der Waals surface area contributed by atoms with E-state index in [2.05, 4.69) is 25.9 Å². The molecule has 5 nitrogen and oxygen atoms in total. The van der Waals surface area contributed by atoms with Crippen LogP contribution in [-0.2, 0) is 19.0 Å². The van der Waals surface area contributed by atoms with Crippen molar-refractivity contribution < 1.29 is 32.2 Å². The summed E-state index contributed by atoms with van der Waals surface area (Å²) in [6.07, 6.45) is -5.08. The van der Waals surface area contributed by atoms with Crippen LogP contribution in [0.2, 0.25) is 0 Å². The van der Waals surface area contributed by atoms with Crippen LogP contribution < -0.4 is 0 Å². The Kier molecular flexibility index (Phi) is 5.31. The second-order valence-electron chi connectivity index (χ2n) is 8.47. The van der Waals surface area contributed by atoms with Gasteiger partial charge in [0.25, 0.3) is 6.29 Å². The molecule has 0 aromatic rings. The van der Waals surface area contributed by atoms with Crippen LogP contribution >= 0.6 is 0 Å². The predicted molar refractivity (Wildman–Crippen MR) is 88.4 cm³/mol. The van der Waals surface area contributed by atoms with Crippen LogP contribution in [0.4, 0.5) is 13.2 Å². The van der Waals surface area contributed by atoms with Gasteiger partial charge in [-0.15, -0.1) is 0 Å². The summed E-state index contributed by atoms with van der Waals surface area (Å²) in [7, 11) is 0. The molecule has 0 aromatic heterocycles. The van der Waals surface area contributed by atoms with E-state index in [1.807, 2.05) is 0 Å². The number of ether oxygens (including phenoxy) is 3. The molecule has 2 fully saturated rings. The van der Waals surface area contributed by atoms with Crippen molar-refractivity contribution in [2.45, 2.75) is 90.4 Å². The smallest absolute Gasteiger partial charge is 0.360 e. The summed E-state index contributed by atoms with van der Waals surface area (Å²) in [6.45, 7) is 9.60. The summed E-state index contributed by atoms with van der Waals surface area (Å²) in [5.41, 5.74) is -1.11. The maximum absolute atomic E-state index is 13.2. The van der Waals surface area contributed by atoms with Gasteiger partial charge < -0.3 is 19.0 Å². The van der Waals surface area contributed by atoms with Crippen LogP contribution in [0.1, 0.15) is 53.9 Å². The molecule has 0 amide bonds. The van der Waals surface area contributed by atoms with Gasteiger partial charge in [0.05, 0.1) is 6.10 Å². The minimum absolute atomic E-state index is 0.0978. The van der Waals surface area contributed by atoms with E-state index in [1.54, 1.807) is 13.8 Å². The Labute approximate surface area is 152 Å². The highest BCUT2D eigenvalue weighted by atomic mass is 19.4. The van der Waals surface area contributed by atoms with Crippen LogP contribution in [0.3, 0.4) is 0 Å². The zero-order chi connectivity index (χ0) is 19.3. The fourth-order valence-corrected chi connectivity index (χ4v) is 4.18. The number of hydrogen-bond acceptors (Lipinski definition) is 5. The van der Waals surface area contributed by atoms with Crippen molar-refractivity contribution in [1.82, 2.24) is 0 Å². The first kappa shape index (κ1) is 19.9. The summed E-state index contributed by atoms with van der Waals surface area (Å²) >= 11 is 0. The Hall–Kier alpha value is -0.860. The Morgan fingerprint density at radius 3 is 2.50 bits per heavy atom. The lowest BCUT2D eigenvalue weighted by Gasteiger charge is -2.40. The number of rotatable bonds is 3. The summed E-state index contributed by atoms with van der Waals surface area (Å²) in [4.78, 5) is 5.13. The summed E-state index contributed by atoms with van der Waals surface area (Å²) in [6, 6.07) is 0. The molecular weight excluding hydrogens is 351 g/mol. The van der Waals surface area contributed by atoms with E-state index in [0.29, 0.717) is 17.8 Å². The minimum atomic E-state index is -4.64. The number of oxime groups is 1. The van der Waals surface area contributed by atoms with Gasteiger partial charge in [-0.25, -0.2) is 0 Å². The lowest BCUT2D eigenvalue weighted by Crippen LogP contribution is -2.52. The molecule has 6 atom stereocenters. The first-order chi connectivity index (χ1) is 12.0. The van der Waals surface area contributed by atoms with Crippen LogP contribution in [0.5, 0.6) is 0 Å². The van der Waals surface area contributed by atoms with Crippen molar-refractivity contribution in [3.63, 3.8) is 0 Å². The lowest BCUT2D eigenvalue weighted by atomic mass is 9.75. The van der Waals surface area contributed by atoms with Crippen LogP contribution in [0.25, 0.3) is 0 Å². The molecule has 1 aliphatic carbocycles. The van der Waals surface area contributed by atoms with Crippen LogP contribution in [0, 0.1) is 17.8 Å². The fourth-order valence-electron chi connectivity index (χ4n) is 4.18. The number of alkyl halides is 3. The van der Waals surface area contributed by atoms with Crippen molar-refractivity contribution in [1.29, 1.82) is 0 Å². The molecule has 1 saturated carbocycles. The number of nitrogens with zero attached hydrogens (tertiary/aromatic N) is 1. The average molecular weight is 379 g/mol. The molecule has 150 valence electrons. The highest BCUT2D eigenvalue weighted by Crippen LogP contribution is 2.41. The number of fused-ring (bicyclic) bond motifs is 1. The molecule has 0 aromatic carbocycles. The maximum atomic E-state index is 13.2. The maximum Gasteiger partial charge on any atom is 0.435 e. The molecule has 1 saturated heterocycles. The molecule has 0 bridgehead atoms. The Bertz CT molecular complexity index is 549. The van der Waals surface area contributed by atoms with Gasteiger partial charge in [-0.2, -0.15) is 13.2 Å². The van der Waals surface area contributed by atoms with E-state index >= 15 is 0 Å². The Morgan fingerprint density at radius 1 is 1.19 bits per heavy atom. The quantitative estimate of drug-likeness (QED) is 0.735. The highest BCUT2D eigenvalue weighted by Gasteiger charge is 2.58. The third kappa shape index (κ3) is 4.02. The first-order valence-electron chi connectivity index (χ1n) is 9.30. The average Bonchev–Trinajstić information content (AvgIpc) is 2.81. The molecule has 2 aliphatic heterocycles. The Balaban J connectivity index is 1.80. The molecule has 0 radical (unpaired) electrons.